The Morgan fingerprint density at radius 2 is 1.83 bits per heavy atom. The Hall–Kier alpha value is -2.53. The van der Waals surface area contributed by atoms with Gasteiger partial charge >= 0.3 is 0 Å². The van der Waals surface area contributed by atoms with Crippen LogP contribution in [0.3, 0.4) is 0 Å². The zero-order chi connectivity index (χ0) is 22.1. The minimum absolute atomic E-state index is 0.0346. The zero-order valence-corrected chi connectivity index (χ0v) is 18.9. The molecule has 2 atom stereocenters. The van der Waals surface area contributed by atoms with Crippen LogP contribution in [0, 0.1) is 6.92 Å². The summed E-state index contributed by atoms with van der Waals surface area (Å²) in [4.78, 5) is 27.6. The highest BCUT2D eigenvalue weighted by Crippen LogP contribution is 2.20. The first kappa shape index (κ1) is 23.7. The Morgan fingerprint density at radius 3 is 2.47 bits per heavy atom. The first-order valence-electron chi connectivity index (χ1n) is 10.4. The molecule has 162 valence electrons. The molecule has 2 rings (SSSR count). The number of hydrogen-bond acceptors (Lipinski definition) is 3. The van der Waals surface area contributed by atoms with Gasteiger partial charge in [0.25, 0.3) is 5.91 Å². The van der Waals surface area contributed by atoms with Gasteiger partial charge in [0.15, 0.2) is 6.61 Å². The van der Waals surface area contributed by atoms with E-state index in [4.69, 9.17) is 16.3 Å². The SMILES string of the molecule is CC[C@H](C(=O)N[C@@H](C)CC)N(Cc1ccccc1Cl)C(=O)COc1cccc(C)c1. The van der Waals surface area contributed by atoms with Gasteiger partial charge in [-0.3, -0.25) is 9.59 Å². The highest BCUT2D eigenvalue weighted by atomic mass is 35.5. The van der Waals surface area contributed by atoms with Gasteiger partial charge in [0, 0.05) is 17.6 Å². The molecule has 0 fully saturated rings. The Kier molecular flexibility index (Phi) is 9.18. The molecular weight excluding hydrogens is 400 g/mol. The molecule has 2 aromatic rings. The van der Waals surface area contributed by atoms with Crippen molar-refractivity contribution in [3.8, 4) is 5.75 Å². The molecule has 0 radical (unpaired) electrons. The van der Waals surface area contributed by atoms with E-state index < -0.39 is 6.04 Å². The third kappa shape index (κ3) is 6.77. The van der Waals surface area contributed by atoms with E-state index in [0.717, 1.165) is 17.5 Å². The van der Waals surface area contributed by atoms with Crippen LogP contribution in [0.15, 0.2) is 48.5 Å². The molecule has 2 amide bonds. The monoisotopic (exact) mass is 430 g/mol. The third-order valence-electron chi connectivity index (χ3n) is 5.04. The molecule has 0 unspecified atom stereocenters. The van der Waals surface area contributed by atoms with Crippen LogP contribution in [0.2, 0.25) is 5.02 Å². The average Bonchev–Trinajstić information content (AvgIpc) is 2.73. The number of benzene rings is 2. The fourth-order valence-corrected chi connectivity index (χ4v) is 3.30. The molecule has 0 aliphatic heterocycles. The molecule has 2 aromatic carbocycles. The number of hydrogen-bond donors (Lipinski definition) is 1. The Bertz CT molecular complexity index is 856. The summed E-state index contributed by atoms with van der Waals surface area (Å²) in [6, 6.07) is 14.3. The molecule has 5 nitrogen and oxygen atoms in total. The number of nitrogens with zero attached hydrogens (tertiary/aromatic N) is 1. The summed E-state index contributed by atoms with van der Waals surface area (Å²) in [7, 11) is 0. The van der Waals surface area contributed by atoms with Crippen molar-refractivity contribution in [3.63, 3.8) is 0 Å². The van der Waals surface area contributed by atoms with Crippen molar-refractivity contribution in [1.29, 1.82) is 0 Å². The Balaban J connectivity index is 2.23. The molecule has 0 spiro atoms. The summed E-state index contributed by atoms with van der Waals surface area (Å²) < 4.78 is 5.72. The summed E-state index contributed by atoms with van der Waals surface area (Å²) >= 11 is 6.33. The molecular formula is C24H31ClN2O3. The molecule has 1 N–H and O–H groups in total. The van der Waals surface area contributed by atoms with Crippen LogP contribution >= 0.6 is 11.6 Å². The highest BCUT2D eigenvalue weighted by Gasteiger charge is 2.29. The van der Waals surface area contributed by atoms with E-state index in [0.29, 0.717) is 17.2 Å². The minimum Gasteiger partial charge on any atom is -0.484 e. The number of ether oxygens (including phenoxy) is 1. The van der Waals surface area contributed by atoms with Crippen molar-refractivity contribution in [2.24, 2.45) is 0 Å². The van der Waals surface area contributed by atoms with Crippen LogP contribution in [0.4, 0.5) is 0 Å². The highest BCUT2D eigenvalue weighted by molar-refractivity contribution is 6.31. The standard InChI is InChI=1S/C24H31ClN2O3/c1-5-18(4)26-24(29)22(6-2)27(15-19-11-7-8-13-21(19)25)23(28)16-30-20-12-9-10-17(3)14-20/h7-14,18,22H,5-6,15-16H2,1-4H3,(H,26,29)/t18-,22+/m0/s1. The first-order valence-corrected chi connectivity index (χ1v) is 10.8. The molecule has 6 heteroatoms. The molecule has 0 bridgehead atoms. The number of amides is 2. The molecule has 0 heterocycles. The summed E-state index contributed by atoms with van der Waals surface area (Å²) in [5.74, 6) is 0.198. The van der Waals surface area contributed by atoms with Crippen LogP contribution in [-0.2, 0) is 16.1 Å². The molecule has 0 aliphatic carbocycles. The topological polar surface area (TPSA) is 58.6 Å². The lowest BCUT2D eigenvalue weighted by atomic mass is 10.1. The second-order valence-corrected chi connectivity index (χ2v) is 7.87. The van der Waals surface area contributed by atoms with Gasteiger partial charge in [0.1, 0.15) is 11.8 Å². The zero-order valence-electron chi connectivity index (χ0n) is 18.2. The van der Waals surface area contributed by atoms with Crippen molar-refractivity contribution in [1.82, 2.24) is 10.2 Å². The quantitative estimate of drug-likeness (QED) is 0.591. The second-order valence-electron chi connectivity index (χ2n) is 7.46. The third-order valence-corrected chi connectivity index (χ3v) is 5.41. The lowest BCUT2D eigenvalue weighted by Crippen LogP contribution is -2.51. The van der Waals surface area contributed by atoms with Gasteiger partial charge in [-0.1, -0.05) is 55.8 Å². The van der Waals surface area contributed by atoms with Crippen molar-refractivity contribution in [3.05, 3.63) is 64.7 Å². The maximum atomic E-state index is 13.2. The van der Waals surface area contributed by atoms with Crippen LogP contribution in [-0.4, -0.2) is 35.4 Å². The number of nitrogens with one attached hydrogen (secondary N) is 1. The number of halogens is 1. The maximum Gasteiger partial charge on any atom is 0.261 e. The number of aryl methyl sites for hydroxylation is 1. The number of carbonyl (C=O) groups is 2. The molecule has 0 aliphatic rings. The van der Waals surface area contributed by atoms with E-state index in [1.165, 1.54) is 0 Å². The van der Waals surface area contributed by atoms with Gasteiger partial charge < -0.3 is 15.0 Å². The fourth-order valence-electron chi connectivity index (χ4n) is 3.10. The van der Waals surface area contributed by atoms with Gasteiger partial charge in [-0.2, -0.15) is 0 Å². The predicted octanol–water partition coefficient (Wildman–Crippen LogP) is 4.75. The van der Waals surface area contributed by atoms with E-state index >= 15 is 0 Å². The average molecular weight is 431 g/mol. The van der Waals surface area contributed by atoms with Crippen LogP contribution in [0.1, 0.15) is 44.7 Å². The predicted molar refractivity (Wildman–Crippen MR) is 121 cm³/mol. The van der Waals surface area contributed by atoms with Crippen molar-refractivity contribution < 1.29 is 14.3 Å². The summed E-state index contributed by atoms with van der Waals surface area (Å²) in [6.45, 7) is 7.91. The van der Waals surface area contributed by atoms with Gasteiger partial charge in [0.2, 0.25) is 5.91 Å². The van der Waals surface area contributed by atoms with Crippen molar-refractivity contribution >= 4 is 23.4 Å². The van der Waals surface area contributed by atoms with E-state index in [9.17, 15) is 9.59 Å². The van der Waals surface area contributed by atoms with Crippen LogP contribution in [0.25, 0.3) is 0 Å². The number of carbonyl (C=O) groups excluding carboxylic acids is 2. The minimum atomic E-state index is -0.608. The normalized spacial score (nSPS) is 12.7. The largest absolute Gasteiger partial charge is 0.484 e. The summed E-state index contributed by atoms with van der Waals surface area (Å²) in [5.41, 5.74) is 1.84. The maximum absolute atomic E-state index is 13.2. The summed E-state index contributed by atoms with van der Waals surface area (Å²) in [6.07, 6.45) is 1.31. The van der Waals surface area contributed by atoms with E-state index in [1.807, 2.05) is 70.2 Å². The molecule has 30 heavy (non-hydrogen) atoms. The van der Waals surface area contributed by atoms with E-state index in [1.54, 1.807) is 11.0 Å². The van der Waals surface area contributed by atoms with Gasteiger partial charge in [-0.15, -0.1) is 0 Å². The lowest BCUT2D eigenvalue weighted by Gasteiger charge is -2.31. The molecule has 0 saturated heterocycles. The van der Waals surface area contributed by atoms with Gasteiger partial charge in [0.05, 0.1) is 0 Å². The van der Waals surface area contributed by atoms with Crippen LogP contribution in [0.5, 0.6) is 5.75 Å². The van der Waals surface area contributed by atoms with E-state index in [2.05, 4.69) is 5.32 Å². The van der Waals surface area contributed by atoms with Crippen molar-refractivity contribution in [2.45, 2.75) is 59.2 Å². The number of rotatable bonds is 10. The lowest BCUT2D eigenvalue weighted by molar-refractivity contribution is -0.143. The van der Waals surface area contributed by atoms with Crippen LogP contribution < -0.4 is 10.1 Å². The molecule has 0 aromatic heterocycles. The van der Waals surface area contributed by atoms with Gasteiger partial charge in [-0.05, 0) is 56.0 Å². The fraction of sp³-hybridized carbons (Fsp3) is 0.417. The smallest absolute Gasteiger partial charge is 0.261 e. The first-order chi connectivity index (χ1) is 14.3. The second kappa shape index (κ2) is 11.6. The molecule has 0 saturated carbocycles. The Morgan fingerprint density at radius 1 is 1.10 bits per heavy atom. The summed E-state index contributed by atoms with van der Waals surface area (Å²) in [5, 5.41) is 3.55. The van der Waals surface area contributed by atoms with E-state index in [-0.39, 0.29) is 31.0 Å². The Labute approximate surface area is 184 Å². The van der Waals surface area contributed by atoms with Crippen molar-refractivity contribution in [2.75, 3.05) is 6.61 Å². The van der Waals surface area contributed by atoms with Gasteiger partial charge in [-0.25, -0.2) is 0 Å².